The molecule has 0 N–H and O–H groups in total. The third-order valence-corrected chi connectivity index (χ3v) is 3.62. The maximum absolute atomic E-state index is 13.5. The van der Waals surface area contributed by atoms with E-state index in [-0.39, 0.29) is 5.69 Å². The van der Waals surface area contributed by atoms with E-state index in [2.05, 4.69) is 10.3 Å². The molecule has 1 aromatic heterocycles. The molecule has 4 nitrogen and oxygen atoms in total. The Balaban J connectivity index is 2.09. The topological polar surface area (TPSA) is 54.5 Å². The van der Waals surface area contributed by atoms with E-state index in [4.69, 9.17) is 0 Å². The Hall–Kier alpha value is -3.07. The number of aromatic nitrogens is 3. The fourth-order valence-electron chi connectivity index (χ4n) is 2.38. The molecule has 0 atom stereocenters. The molecule has 0 amide bonds. The molecule has 3 aromatic rings. The van der Waals surface area contributed by atoms with Crippen molar-refractivity contribution < 1.29 is 8.78 Å². The first kappa shape index (κ1) is 14.9. The third kappa shape index (κ3) is 2.81. The van der Waals surface area contributed by atoms with Crippen LogP contribution < -0.4 is 0 Å². The van der Waals surface area contributed by atoms with E-state index in [0.29, 0.717) is 17.8 Å². The second-order valence-electron chi connectivity index (χ2n) is 5.11. The van der Waals surface area contributed by atoms with Gasteiger partial charge in [-0.1, -0.05) is 29.5 Å². The second kappa shape index (κ2) is 5.97. The summed E-state index contributed by atoms with van der Waals surface area (Å²) in [5.41, 5.74) is 2.88. The van der Waals surface area contributed by atoms with Gasteiger partial charge in [0.1, 0.15) is 11.8 Å². The normalized spacial score (nSPS) is 10.5. The van der Waals surface area contributed by atoms with E-state index in [1.165, 1.54) is 10.7 Å². The third-order valence-electron chi connectivity index (χ3n) is 3.62. The van der Waals surface area contributed by atoms with Crippen LogP contribution in [0.2, 0.25) is 0 Å². The molecular weight excluding hydrogens is 298 g/mol. The van der Waals surface area contributed by atoms with Gasteiger partial charge in [0.15, 0.2) is 17.3 Å². The predicted molar refractivity (Wildman–Crippen MR) is 80.4 cm³/mol. The van der Waals surface area contributed by atoms with E-state index in [1.54, 1.807) is 0 Å². The molecule has 0 spiro atoms. The Labute approximate surface area is 131 Å². The molecule has 0 saturated heterocycles. The van der Waals surface area contributed by atoms with Gasteiger partial charge in [0, 0.05) is 5.56 Å². The number of rotatable bonds is 3. The van der Waals surface area contributed by atoms with Crippen molar-refractivity contribution in [1.29, 1.82) is 5.26 Å². The van der Waals surface area contributed by atoms with Crippen molar-refractivity contribution in [2.24, 2.45) is 0 Å². The van der Waals surface area contributed by atoms with Gasteiger partial charge in [0.2, 0.25) is 0 Å². The standard InChI is InChI=1S/C17H12F2N4/c1-11-4-2-3-5-13(11)10-23-17(16(9-20)21-22-23)12-6-7-14(18)15(19)8-12/h2-8H,10H2,1H3. The minimum absolute atomic E-state index is 0.0737. The summed E-state index contributed by atoms with van der Waals surface area (Å²) >= 11 is 0. The first-order valence-corrected chi connectivity index (χ1v) is 6.93. The lowest BCUT2D eigenvalue weighted by atomic mass is 10.1. The van der Waals surface area contributed by atoms with Crippen molar-refractivity contribution in [3.63, 3.8) is 0 Å². The van der Waals surface area contributed by atoms with Gasteiger partial charge < -0.3 is 0 Å². The monoisotopic (exact) mass is 310 g/mol. The Kier molecular flexibility index (Phi) is 3.85. The molecule has 114 valence electrons. The summed E-state index contributed by atoms with van der Waals surface area (Å²) in [4.78, 5) is 0. The van der Waals surface area contributed by atoms with Crippen molar-refractivity contribution in [2.45, 2.75) is 13.5 Å². The van der Waals surface area contributed by atoms with Crippen LogP contribution in [0.3, 0.4) is 0 Å². The quantitative estimate of drug-likeness (QED) is 0.744. The van der Waals surface area contributed by atoms with E-state index in [9.17, 15) is 14.0 Å². The molecule has 2 aromatic carbocycles. The Morgan fingerprint density at radius 3 is 2.61 bits per heavy atom. The van der Waals surface area contributed by atoms with Gasteiger partial charge in [0.05, 0.1) is 6.54 Å². The van der Waals surface area contributed by atoms with Crippen LogP contribution in [-0.4, -0.2) is 15.0 Å². The summed E-state index contributed by atoms with van der Waals surface area (Å²) in [6, 6.07) is 13.2. The van der Waals surface area contributed by atoms with Crippen molar-refractivity contribution in [3.8, 4) is 17.3 Å². The SMILES string of the molecule is Cc1ccccc1Cn1nnc(C#N)c1-c1ccc(F)c(F)c1. The Bertz CT molecular complexity index is 909. The maximum Gasteiger partial charge on any atom is 0.190 e. The zero-order valence-electron chi connectivity index (χ0n) is 12.3. The number of nitriles is 1. The average molecular weight is 310 g/mol. The van der Waals surface area contributed by atoms with E-state index < -0.39 is 11.6 Å². The highest BCUT2D eigenvalue weighted by molar-refractivity contribution is 5.65. The summed E-state index contributed by atoms with van der Waals surface area (Å²) in [6.45, 7) is 2.35. The molecule has 3 rings (SSSR count). The van der Waals surface area contributed by atoms with E-state index >= 15 is 0 Å². The highest BCUT2D eigenvalue weighted by Crippen LogP contribution is 2.25. The molecule has 0 fully saturated rings. The first-order chi connectivity index (χ1) is 11.1. The minimum Gasteiger partial charge on any atom is -0.239 e. The van der Waals surface area contributed by atoms with Gasteiger partial charge in [0.25, 0.3) is 0 Å². The molecule has 0 aliphatic heterocycles. The molecule has 1 heterocycles. The highest BCUT2D eigenvalue weighted by Gasteiger charge is 2.17. The lowest BCUT2D eigenvalue weighted by molar-refractivity contribution is 0.509. The summed E-state index contributed by atoms with van der Waals surface area (Å²) in [6.07, 6.45) is 0. The zero-order chi connectivity index (χ0) is 16.4. The van der Waals surface area contributed by atoms with Crippen molar-refractivity contribution in [3.05, 3.63) is 70.9 Å². The van der Waals surface area contributed by atoms with Crippen molar-refractivity contribution >= 4 is 0 Å². The summed E-state index contributed by atoms with van der Waals surface area (Å²) in [5.74, 6) is -1.92. The van der Waals surface area contributed by atoms with Crippen LogP contribution in [-0.2, 0) is 6.54 Å². The Morgan fingerprint density at radius 2 is 1.91 bits per heavy atom. The van der Waals surface area contributed by atoms with Gasteiger partial charge in [-0.05, 0) is 36.2 Å². The maximum atomic E-state index is 13.5. The predicted octanol–water partition coefficient (Wildman–Crippen LogP) is 3.45. The Morgan fingerprint density at radius 1 is 1.13 bits per heavy atom. The van der Waals surface area contributed by atoms with Gasteiger partial charge in [-0.25, -0.2) is 13.5 Å². The zero-order valence-corrected chi connectivity index (χ0v) is 12.3. The highest BCUT2D eigenvalue weighted by atomic mass is 19.2. The van der Waals surface area contributed by atoms with Crippen molar-refractivity contribution in [1.82, 2.24) is 15.0 Å². The summed E-state index contributed by atoms with van der Waals surface area (Å²) in [5, 5.41) is 17.0. The lowest BCUT2D eigenvalue weighted by Crippen LogP contribution is -2.06. The fourth-order valence-corrected chi connectivity index (χ4v) is 2.38. The van der Waals surface area contributed by atoms with Crippen molar-refractivity contribution in [2.75, 3.05) is 0 Å². The van der Waals surface area contributed by atoms with Gasteiger partial charge in [-0.2, -0.15) is 5.26 Å². The molecule has 0 bridgehead atoms. The molecule has 0 radical (unpaired) electrons. The van der Waals surface area contributed by atoms with Gasteiger partial charge in [-0.3, -0.25) is 0 Å². The number of halogens is 2. The number of aryl methyl sites for hydroxylation is 1. The number of hydrogen-bond donors (Lipinski definition) is 0. The molecule has 0 saturated carbocycles. The smallest absolute Gasteiger partial charge is 0.190 e. The molecule has 23 heavy (non-hydrogen) atoms. The number of nitrogens with zero attached hydrogens (tertiary/aromatic N) is 4. The van der Waals surface area contributed by atoms with Gasteiger partial charge in [-0.15, -0.1) is 5.10 Å². The average Bonchev–Trinajstić information content (AvgIpc) is 2.95. The van der Waals surface area contributed by atoms with Crippen LogP contribution in [0.1, 0.15) is 16.8 Å². The van der Waals surface area contributed by atoms with Crippen LogP contribution in [0.25, 0.3) is 11.3 Å². The lowest BCUT2D eigenvalue weighted by Gasteiger charge is -2.09. The van der Waals surface area contributed by atoms with Crippen LogP contribution in [0.5, 0.6) is 0 Å². The van der Waals surface area contributed by atoms with E-state index in [0.717, 1.165) is 23.3 Å². The first-order valence-electron chi connectivity index (χ1n) is 6.93. The molecule has 0 aliphatic carbocycles. The van der Waals surface area contributed by atoms with E-state index in [1.807, 2.05) is 37.3 Å². The van der Waals surface area contributed by atoms with Crippen LogP contribution in [0.4, 0.5) is 8.78 Å². The molecular formula is C17H12F2N4. The summed E-state index contributed by atoms with van der Waals surface area (Å²) in [7, 11) is 0. The second-order valence-corrected chi connectivity index (χ2v) is 5.11. The van der Waals surface area contributed by atoms with Crippen LogP contribution in [0.15, 0.2) is 42.5 Å². The van der Waals surface area contributed by atoms with Crippen LogP contribution in [0, 0.1) is 29.9 Å². The molecule has 6 heteroatoms. The summed E-state index contributed by atoms with van der Waals surface area (Å²) < 4.78 is 28.2. The minimum atomic E-state index is -0.977. The fraction of sp³-hybridized carbons (Fsp3) is 0.118. The largest absolute Gasteiger partial charge is 0.239 e. The molecule has 0 aliphatic rings. The van der Waals surface area contributed by atoms with Crippen LogP contribution >= 0.6 is 0 Å². The number of benzene rings is 2. The molecule has 0 unspecified atom stereocenters. The number of hydrogen-bond acceptors (Lipinski definition) is 3. The van der Waals surface area contributed by atoms with Gasteiger partial charge >= 0.3 is 0 Å².